The molecule has 0 bridgehead atoms. The van der Waals surface area contributed by atoms with E-state index in [2.05, 4.69) is 35.2 Å². The molecule has 0 spiro atoms. The molecular formula is C15H25N5. The molecule has 5 heteroatoms. The molecule has 0 aliphatic carbocycles. The van der Waals surface area contributed by atoms with Crippen LogP contribution in [0.1, 0.15) is 37.9 Å². The first-order valence-electron chi connectivity index (χ1n) is 7.45. The Morgan fingerprint density at radius 3 is 2.90 bits per heavy atom. The van der Waals surface area contributed by atoms with Crippen molar-refractivity contribution in [2.24, 2.45) is 13.0 Å². The summed E-state index contributed by atoms with van der Waals surface area (Å²) in [5.41, 5.74) is 1.55. The highest BCUT2D eigenvalue weighted by molar-refractivity contribution is 5.57. The second-order valence-corrected chi connectivity index (χ2v) is 6.04. The van der Waals surface area contributed by atoms with Gasteiger partial charge in [0.25, 0.3) is 0 Å². The van der Waals surface area contributed by atoms with Crippen LogP contribution in [0.3, 0.4) is 0 Å². The Morgan fingerprint density at radius 2 is 2.25 bits per heavy atom. The third kappa shape index (κ3) is 3.13. The van der Waals surface area contributed by atoms with Crippen LogP contribution in [-0.2, 0) is 7.05 Å². The maximum atomic E-state index is 9.34. The van der Waals surface area contributed by atoms with Crippen LogP contribution in [0.25, 0.3) is 0 Å². The summed E-state index contributed by atoms with van der Waals surface area (Å²) >= 11 is 0. The second-order valence-electron chi connectivity index (χ2n) is 6.04. The van der Waals surface area contributed by atoms with Gasteiger partial charge in [0.15, 0.2) is 0 Å². The Labute approximate surface area is 121 Å². The lowest BCUT2D eigenvalue weighted by Gasteiger charge is -2.34. The monoisotopic (exact) mass is 275 g/mol. The van der Waals surface area contributed by atoms with Gasteiger partial charge < -0.3 is 10.2 Å². The predicted octanol–water partition coefficient (Wildman–Crippen LogP) is 1.81. The molecule has 1 aromatic heterocycles. The predicted molar refractivity (Wildman–Crippen MR) is 80.7 cm³/mol. The van der Waals surface area contributed by atoms with E-state index in [4.69, 9.17) is 0 Å². The molecule has 0 amide bonds. The summed E-state index contributed by atoms with van der Waals surface area (Å²) in [5.74, 6) is 1.63. The fraction of sp³-hybridized carbons (Fsp3) is 0.733. The first-order chi connectivity index (χ1) is 9.52. The fourth-order valence-corrected chi connectivity index (χ4v) is 2.97. The van der Waals surface area contributed by atoms with E-state index in [0.29, 0.717) is 12.0 Å². The number of aromatic nitrogens is 2. The average molecular weight is 275 g/mol. The highest BCUT2D eigenvalue weighted by Crippen LogP contribution is 2.27. The zero-order valence-corrected chi connectivity index (χ0v) is 13.0. The summed E-state index contributed by atoms with van der Waals surface area (Å²) < 4.78 is 1.85. The average Bonchev–Trinajstić information content (AvgIpc) is 2.70. The van der Waals surface area contributed by atoms with Crippen LogP contribution in [0.4, 0.5) is 5.82 Å². The molecule has 0 radical (unpaired) electrons. The molecule has 5 nitrogen and oxygen atoms in total. The number of nitrogens with zero attached hydrogens (tertiary/aromatic N) is 4. The van der Waals surface area contributed by atoms with E-state index in [0.717, 1.165) is 36.7 Å². The van der Waals surface area contributed by atoms with Gasteiger partial charge in [-0.05, 0) is 32.2 Å². The molecule has 0 aromatic carbocycles. The van der Waals surface area contributed by atoms with E-state index in [1.54, 1.807) is 0 Å². The molecule has 0 saturated carbocycles. The number of piperidine rings is 1. The second kappa shape index (κ2) is 6.27. The van der Waals surface area contributed by atoms with Crippen LogP contribution in [0.2, 0.25) is 0 Å². The third-order valence-electron chi connectivity index (χ3n) is 3.94. The molecule has 110 valence electrons. The lowest BCUT2D eigenvalue weighted by Crippen LogP contribution is -2.42. The van der Waals surface area contributed by atoms with E-state index in [-0.39, 0.29) is 0 Å². The summed E-state index contributed by atoms with van der Waals surface area (Å²) in [7, 11) is 1.93. The van der Waals surface area contributed by atoms with Crippen molar-refractivity contribution in [1.29, 1.82) is 5.26 Å². The molecule has 1 aliphatic rings. The van der Waals surface area contributed by atoms with Crippen LogP contribution in [-0.4, -0.2) is 35.5 Å². The van der Waals surface area contributed by atoms with Gasteiger partial charge in [0.1, 0.15) is 17.5 Å². The van der Waals surface area contributed by atoms with Gasteiger partial charge in [0, 0.05) is 26.2 Å². The minimum absolute atomic E-state index is 0.527. The van der Waals surface area contributed by atoms with E-state index >= 15 is 0 Å². The van der Waals surface area contributed by atoms with Crippen molar-refractivity contribution in [3.63, 3.8) is 0 Å². The van der Waals surface area contributed by atoms with Gasteiger partial charge in [-0.2, -0.15) is 10.4 Å². The zero-order chi connectivity index (χ0) is 14.7. The molecular weight excluding hydrogens is 250 g/mol. The fourth-order valence-electron chi connectivity index (χ4n) is 2.97. The van der Waals surface area contributed by atoms with Crippen molar-refractivity contribution in [3.8, 4) is 6.07 Å². The van der Waals surface area contributed by atoms with Crippen LogP contribution in [0, 0.1) is 24.2 Å². The van der Waals surface area contributed by atoms with Crippen molar-refractivity contribution in [2.45, 2.75) is 39.7 Å². The van der Waals surface area contributed by atoms with Crippen LogP contribution in [0.5, 0.6) is 0 Å². The van der Waals surface area contributed by atoms with Gasteiger partial charge in [-0.15, -0.1) is 0 Å². The number of rotatable bonds is 4. The maximum Gasteiger partial charge on any atom is 0.144 e. The van der Waals surface area contributed by atoms with Gasteiger partial charge in [-0.3, -0.25) is 4.68 Å². The molecule has 1 unspecified atom stereocenters. The van der Waals surface area contributed by atoms with Crippen molar-refractivity contribution >= 4 is 5.82 Å². The molecule has 1 N–H and O–H groups in total. The van der Waals surface area contributed by atoms with Gasteiger partial charge >= 0.3 is 0 Å². The molecule has 2 rings (SSSR count). The topological polar surface area (TPSA) is 56.9 Å². The van der Waals surface area contributed by atoms with Crippen molar-refractivity contribution in [2.75, 3.05) is 24.5 Å². The summed E-state index contributed by atoms with van der Waals surface area (Å²) in [6.45, 7) is 9.34. The zero-order valence-electron chi connectivity index (χ0n) is 13.0. The molecule has 20 heavy (non-hydrogen) atoms. The molecule has 1 aromatic rings. The number of hydrogen-bond acceptors (Lipinski definition) is 4. The molecule has 2 heterocycles. The van der Waals surface area contributed by atoms with Crippen LogP contribution < -0.4 is 10.2 Å². The standard InChI is InChI=1S/C15H25N5/c1-11(2)17-9-13-6-5-7-20(10-13)15-14(8-16)12(3)18-19(15)4/h11,13,17H,5-7,9-10H2,1-4H3. The lowest BCUT2D eigenvalue weighted by molar-refractivity contribution is 0.376. The highest BCUT2D eigenvalue weighted by atomic mass is 15.4. The first kappa shape index (κ1) is 14.9. The Balaban J connectivity index is 2.11. The SMILES string of the molecule is Cc1nn(C)c(N2CCCC(CNC(C)C)C2)c1C#N. The lowest BCUT2D eigenvalue weighted by atomic mass is 9.97. The quantitative estimate of drug-likeness (QED) is 0.910. The molecule has 1 aliphatic heterocycles. The first-order valence-corrected chi connectivity index (χ1v) is 7.45. The number of nitrogens with one attached hydrogen (secondary N) is 1. The highest BCUT2D eigenvalue weighted by Gasteiger charge is 2.25. The van der Waals surface area contributed by atoms with E-state index in [1.807, 2.05) is 18.7 Å². The summed E-state index contributed by atoms with van der Waals surface area (Å²) in [6, 6.07) is 2.83. The molecule has 1 atom stereocenters. The van der Waals surface area contributed by atoms with Gasteiger partial charge in [-0.1, -0.05) is 13.8 Å². The third-order valence-corrected chi connectivity index (χ3v) is 3.94. The van der Waals surface area contributed by atoms with Gasteiger partial charge in [0.05, 0.1) is 5.69 Å². The van der Waals surface area contributed by atoms with Crippen LogP contribution in [0.15, 0.2) is 0 Å². The van der Waals surface area contributed by atoms with Crippen LogP contribution >= 0.6 is 0 Å². The number of anilines is 1. The largest absolute Gasteiger partial charge is 0.355 e. The van der Waals surface area contributed by atoms with Crippen molar-refractivity contribution in [3.05, 3.63) is 11.3 Å². The van der Waals surface area contributed by atoms with E-state index < -0.39 is 0 Å². The summed E-state index contributed by atoms with van der Waals surface area (Å²) in [5, 5.41) is 17.3. The van der Waals surface area contributed by atoms with Crippen molar-refractivity contribution in [1.82, 2.24) is 15.1 Å². The number of nitriles is 1. The molecule has 1 fully saturated rings. The van der Waals surface area contributed by atoms with Gasteiger partial charge in [0.2, 0.25) is 0 Å². The maximum absolute atomic E-state index is 9.34. The Morgan fingerprint density at radius 1 is 1.50 bits per heavy atom. The van der Waals surface area contributed by atoms with E-state index in [1.165, 1.54) is 12.8 Å². The van der Waals surface area contributed by atoms with Gasteiger partial charge in [-0.25, -0.2) is 0 Å². The Hall–Kier alpha value is -1.54. The minimum Gasteiger partial charge on any atom is -0.355 e. The molecule has 1 saturated heterocycles. The number of hydrogen-bond donors (Lipinski definition) is 1. The summed E-state index contributed by atoms with van der Waals surface area (Å²) in [4.78, 5) is 2.33. The smallest absolute Gasteiger partial charge is 0.144 e. The van der Waals surface area contributed by atoms with Crippen molar-refractivity contribution < 1.29 is 0 Å². The number of aryl methyl sites for hydroxylation is 2. The van der Waals surface area contributed by atoms with E-state index in [9.17, 15) is 5.26 Å². The normalized spacial score (nSPS) is 19.4. The Bertz CT molecular complexity index is 497. The Kier molecular flexibility index (Phi) is 4.66. The minimum atomic E-state index is 0.527. The summed E-state index contributed by atoms with van der Waals surface area (Å²) in [6.07, 6.45) is 2.44.